The fraction of sp³-hybridized carbons (Fsp3) is 0.200. The zero-order valence-corrected chi connectivity index (χ0v) is 17.3. The van der Waals surface area contributed by atoms with E-state index in [1.807, 2.05) is 49.4 Å². The second-order valence-corrected chi connectivity index (χ2v) is 7.59. The highest BCUT2D eigenvalue weighted by Crippen LogP contribution is 2.20. The van der Waals surface area contributed by atoms with E-state index in [2.05, 4.69) is 4.98 Å². The first-order valence-corrected chi connectivity index (χ1v) is 10.3. The summed E-state index contributed by atoms with van der Waals surface area (Å²) in [6.07, 6.45) is 1.69. The van der Waals surface area contributed by atoms with Gasteiger partial charge in [-0.2, -0.15) is 0 Å². The molecular formula is C25H23N3O3. The number of hydrogen-bond acceptors (Lipinski definition) is 4. The number of pyridine rings is 1. The van der Waals surface area contributed by atoms with Crippen molar-refractivity contribution < 1.29 is 14.4 Å². The van der Waals surface area contributed by atoms with Gasteiger partial charge in [-0.05, 0) is 37.3 Å². The molecule has 0 spiro atoms. The molecule has 0 N–H and O–H groups in total. The Bertz CT molecular complexity index is 1100. The Kier molecular flexibility index (Phi) is 5.89. The van der Waals surface area contributed by atoms with E-state index in [1.54, 1.807) is 46.3 Å². The Labute approximate surface area is 181 Å². The molecule has 1 saturated heterocycles. The number of amides is 2. The molecule has 156 valence electrons. The molecule has 1 aliphatic rings. The highest BCUT2D eigenvalue weighted by molar-refractivity contribution is 6.42. The van der Waals surface area contributed by atoms with Crippen LogP contribution in [0.1, 0.15) is 27.6 Å². The van der Waals surface area contributed by atoms with Crippen LogP contribution in [-0.2, 0) is 4.79 Å². The van der Waals surface area contributed by atoms with Crippen molar-refractivity contribution in [1.82, 2.24) is 14.8 Å². The molecule has 6 heteroatoms. The van der Waals surface area contributed by atoms with Crippen LogP contribution in [0.3, 0.4) is 0 Å². The van der Waals surface area contributed by atoms with Gasteiger partial charge >= 0.3 is 0 Å². The topological polar surface area (TPSA) is 70.6 Å². The van der Waals surface area contributed by atoms with E-state index in [9.17, 15) is 14.4 Å². The molecule has 2 amide bonds. The molecule has 31 heavy (non-hydrogen) atoms. The number of hydrogen-bond donors (Lipinski definition) is 0. The van der Waals surface area contributed by atoms with E-state index >= 15 is 0 Å². The first-order valence-electron chi connectivity index (χ1n) is 10.3. The summed E-state index contributed by atoms with van der Waals surface area (Å²) in [6, 6.07) is 21.3. The minimum atomic E-state index is -0.549. The third-order valence-electron chi connectivity index (χ3n) is 5.48. The SMILES string of the molecule is C[C@@H]1CN(C(=O)c2ccccc2)CCN1C(=O)C(=O)c1cccc(-c2ccccn2)c1. The Morgan fingerprint density at radius 3 is 2.32 bits per heavy atom. The van der Waals surface area contributed by atoms with Crippen molar-refractivity contribution >= 4 is 17.6 Å². The van der Waals surface area contributed by atoms with Gasteiger partial charge in [0.1, 0.15) is 0 Å². The zero-order chi connectivity index (χ0) is 21.8. The Hall–Kier alpha value is -3.80. The van der Waals surface area contributed by atoms with Gasteiger partial charge in [0.25, 0.3) is 11.8 Å². The number of Topliss-reactive ketones (excluding diaryl/α,β-unsaturated/α-hetero) is 1. The summed E-state index contributed by atoms with van der Waals surface area (Å²) in [5, 5.41) is 0. The Morgan fingerprint density at radius 2 is 1.61 bits per heavy atom. The summed E-state index contributed by atoms with van der Waals surface area (Å²) in [7, 11) is 0. The first-order chi connectivity index (χ1) is 15.0. The summed E-state index contributed by atoms with van der Waals surface area (Å²) in [6.45, 7) is 2.97. The minimum absolute atomic E-state index is 0.0612. The standard InChI is InChI=1S/C25H23N3O3/c1-18-17-27(24(30)19-8-3-2-4-9-19)14-15-28(18)25(31)23(29)21-11-7-10-20(16-21)22-12-5-6-13-26-22/h2-13,16,18H,14-15,17H2,1H3/t18-/m1/s1. The molecule has 3 aromatic rings. The van der Waals surface area contributed by atoms with Gasteiger partial charge < -0.3 is 9.80 Å². The highest BCUT2D eigenvalue weighted by atomic mass is 16.2. The normalized spacial score (nSPS) is 16.1. The van der Waals surface area contributed by atoms with Crippen molar-refractivity contribution in [1.29, 1.82) is 0 Å². The zero-order valence-electron chi connectivity index (χ0n) is 17.3. The lowest BCUT2D eigenvalue weighted by molar-refractivity contribution is -0.130. The van der Waals surface area contributed by atoms with Gasteiger partial charge in [-0.1, -0.05) is 42.5 Å². The predicted molar refractivity (Wildman–Crippen MR) is 118 cm³/mol. The van der Waals surface area contributed by atoms with E-state index in [0.717, 1.165) is 11.3 Å². The Morgan fingerprint density at radius 1 is 0.871 bits per heavy atom. The minimum Gasteiger partial charge on any atom is -0.335 e. The molecule has 1 atom stereocenters. The number of ketones is 1. The average Bonchev–Trinajstić information content (AvgIpc) is 2.84. The average molecular weight is 413 g/mol. The van der Waals surface area contributed by atoms with Crippen LogP contribution in [0.4, 0.5) is 0 Å². The molecule has 6 nitrogen and oxygen atoms in total. The van der Waals surface area contributed by atoms with Gasteiger partial charge in [0.2, 0.25) is 5.78 Å². The van der Waals surface area contributed by atoms with Crippen molar-refractivity contribution in [3.05, 3.63) is 90.1 Å². The first kappa shape index (κ1) is 20.5. The lowest BCUT2D eigenvalue weighted by Gasteiger charge is -2.39. The third-order valence-corrected chi connectivity index (χ3v) is 5.48. The maximum absolute atomic E-state index is 13.0. The van der Waals surface area contributed by atoms with Crippen LogP contribution in [-0.4, -0.2) is 58.1 Å². The molecule has 0 bridgehead atoms. The lowest BCUT2D eigenvalue weighted by Crippen LogP contribution is -2.56. The van der Waals surface area contributed by atoms with Crippen molar-refractivity contribution in [2.24, 2.45) is 0 Å². The fourth-order valence-corrected chi connectivity index (χ4v) is 3.81. The molecule has 4 rings (SSSR count). The smallest absolute Gasteiger partial charge is 0.295 e. The summed E-state index contributed by atoms with van der Waals surface area (Å²) in [4.78, 5) is 46.2. The number of carbonyl (C=O) groups is 3. The summed E-state index contributed by atoms with van der Waals surface area (Å²) < 4.78 is 0. The summed E-state index contributed by atoms with van der Waals surface area (Å²) >= 11 is 0. The van der Waals surface area contributed by atoms with Crippen molar-refractivity contribution in [3.8, 4) is 11.3 Å². The maximum atomic E-state index is 13.0. The van der Waals surface area contributed by atoms with E-state index in [4.69, 9.17) is 0 Å². The van der Waals surface area contributed by atoms with E-state index < -0.39 is 11.7 Å². The maximum Gasteiger partial charge on any atom is 0.295 e. The van der Waals surface area contributed by atoms with Gasteiger partial charge in [-0.15, -0.1) is 0 Å². The van der Waals surface area contributed by atoms with E-state index in [1.165, 1.54) is 0 Å². The molecule has 1 aliphatic heterocycles. The van der Waals surface area contributed by atoms with Gasteiger partial charge in [-0.25, -0.2) is 0 Å². The molecule has 2 aromatic carbocycles. The third kappa shape index (κ3) is 4.38. The highest BCUT2D eigenvalue weighted by Gasteiger charge is 2.33. The molecule has 0 unspecified atom stereocenters. The van der Waals surface area contributed by atoms with Crippen LogP contribution in [0.15, 0.2) is 79.0 Å². The molecule has 0 aliphatic carbocycles. The second kappa shape index (κ2) is 8.92. The number of aromatic nitrogens is 1. The number of carbonyl (C=O) groups excluding carboxylic acids is 3. The molecule has 1 aromatic heterocycles. The van der Waals surface area contributed by atoms with Crippen LogP contribution < -0.4 is 0 Å². The largest absolute Gasteiger partial charge is 0.335 e. The molecule has 2 heterocycles. The van der Waals surface area contributed by atoms with Gasteiger partial charge in [0.15, 0.2) is 0 Å². The monoisotopic (exact) mass is 413 g/mol. The van der Waals surface area contributed by atoms with Gasteiger partial charge in [0, 0.05) is 48.6 Å². The number of nitrogens with zero attached hydrogens (tertiary/aromatic N) is 3. The quantitative estimate of drug-likeness (QED) is 0.486. The molecule has 0 saturated carbocycles. The van der Waals surface area contributed by atoms with E-state index in [-0.39, 0.29) is 11.9 Å². The van der Waals surface area contributed by atoms with Crippen LogP contribution in [0.5, 0.6) is 0 Å². The number of benzene rings is 2. The van der Waals surface area contributed by atoms with Gasteiger partial charge in [0.05, 0.1) is 5.69 Å². The van der Waals surface area contributed by atoms with Crippen LogP contribution in [0, 0.1) is 0 Å². The van der Waals surface area contributed by atoms with Crippen molar-refractivity contribution in [3.63, 3.8) is 0 Å². The van der Waals surface area contributed by atoms with Crippen LogP contribution in [0.25, 0.3) is 11.3 Å². The second-order valence-electron chi connectivity index (χ2n) is 7.59. The van der Waals surface area contributed by atoms with E-state index in [0.29, 0.717) is 30.8 Å². The van der Waals surface area contributed by atoms with Gasteiger partial charge in [-0.3, -0.25) is 19.4 Å². The molecule has 1 fully saturated rings. The number of piperazine rings is 1. The van der Waals surface area contributed by atoms with Crippen LogP contribution >= 0.6 is 0 Å². The fourth-order valence-electron chi connectivity index (χ4n) is 3.81. The van der Waals surface area contributed by atoms with Crippen molar-refractivity contribution in [2.45, 2.75) is 13.0 Å². The van der Waals surface area contributed by atoms with Crippen molar-refractivity contribution in [2.75, 3.05) is 19.6 Å². The Balaban J connectivity index is 1.45. The van der Waals surface area contributed by atoms with Crippen LogP contribution in [0.2, 0.25) is 0 Å². The molecule has 0 radical (unpaired) electrons. The lowest BCUT2D eigenvalue weighted by atomic mass is 10.0. The summed E-state index contributed by atoms with van der Waals surface area (Å²) in [5.41, 5.74) is 2.48. The molecular weight excluding hydrogens is 390 g/mol. The number of rotatable bonds is 4. The summed E-state index contributed by atoms with van der Waals surface area (Å²) in [5.74, 6) is -1.15. The predicted octanol–water partition coefficient (Wildman–Crippen LogP) is 3.30.